The Morgan fingerprint density at radius 3 is 2.69 bits per heavy atom. The predicted molar refractivity (Wildman–Crippen MR) is 111 cm³/mol. The van der Waals surface area contributed by atoms with Crippen LogP contribution < -0.4 is 5.56 Å². The Balaban J connectivity index is 2.35. The van der Waals surface area contributed by atoms with Gasteiger partial charge in [0.1, 0.15) is 4.83 Å². The monoisotopic (exact) mass is 391 g/mol. The minimum atomic E-state index is -0.0685. The summed E-state index contributed by atoms with van der Waals surface area (Å²) < 4.78 is 1.60. The first-order valence-electron chi connectivity index (χ1n) is 8.46. The molecule has 5 nitrogen and oxygen atoms in total. The number of aryl methyl sites for hydroxylation is 2. The van der Waals surface area contributed by atoms with Crippen LogP contribution in [-0.2, 0) is 11.3 Å². The first kappa shape index (κ1) is 20.5. The van der Waals surface area contributed by atoms with Crippen molar-refractivity contribution in [1.82, 2.24) is 14.5 Å². The molecule has 0 spiro atoms. The summed E-state index contributed by atoms with van der Waals surface area (Å²) in [5.41, 5.74) is 1.85. The lowest BCUT2D eigenvalue weighted by molar-refractivity contribution is -0.127. The summed E-state index contributed by atoms with van der Waals surface area (Å²) in [6, 6.07) is 0. The van der Waals surface area contributed by atoms with E-state index in [2.05, 4.69) is 18.1 Å². The van der Waals surface area contributed by atoms with Crippen molar-refractivity contribution in [1.29, 1.82) is 0 Å². The lowest BCUT2D eigenvalue weighted by atomic mass is 10.2. The van der Waals surface area contributed by atoms with E-state index in [1.807, 2.05) is 27.7 Å². The number of amides is 1. The zero-order valence-electron chi connectivity index (χ0n) is 15.8. The standard InChI is InChI=1S/C19H25N3O2S2/c1-7-9-22-18(24)16-13(5)14(6)26-17(16)20-19(22)25-11-15(23)21(8-2)10-12(3)4/h7H,1,3,8-11H2,2,4-6H3. The molecule has 2 aromatic heterocycles. The van der Waals surface area contributed by atoms with Crippen LogP contribution >= 0.6 is 23.1 Å². The van der Waals surface area contributed by atoms with Gasteiger partial charge in [-0.25, -0.2) is 4.98 Å². The largest absolute Gasteiger partial charge is 0.338 e. The van der Waals surface area contributed by atoms with Gasteiger partial charge in [0.05, 0.1) is 11.1 Å². The summed E-state index contributed by atoms with van der Waals surface area (Å²) >= 11 is 2.82. The first-order chi connectivity index (χ1) is 12.3. The Hall–Kier alpha value is -1.86. The van der Waals surface area contributed by atoms with Gasteiger partial charge in [-0.15, -0.1) is 17.9 Å². The van der Waals surface area contributed by atoms with E-state index >= 15 is 0 Å². The Morgan fingerprint density at radius 2 is 2.12 bits per heavy atom. The number of hydrogen-bond donors (Lipinski definition) is 0. The van der Waals surface area contributed by atoms with Crippen LogP contribution in [0.1, 0.15) is 24.3 Å². The average Bonchev–Trinajstić information content (AvgIpc) is 2.87. The number of aromatic nitrogens is 2. The lowest BCUT2D eigenvalue weighted by Gasteiger charge is -2.21. The molecule has 7 heteroatoms. The van der Waals surface area contributed by atoms with Gasteiger partial charge in [0.25, 0.3) is 5.56 Å². The minimum absolute atomic E-state index is 0.0125. The summed E-state index contributed by atoms with van der Waals surface area (Å²) in [5, 5.41) is 1.23. The number of carbonyl (C=O) groups is 1. The molecule has 0 fully saturated rings. The molecule has 0 aliphatic heterocycles. The van der Waals surface area contributed by atoms with Gasteiger partial charge in [0.2, 0.25) is 5.91 Å². The molecular formula is C19H25N3O2S2. The van der Waals surface area contributed by atoms with E-state index in [9.17, 15) is 9.59 Å². The van der Waals surface area contributed by atoms with Crippen molar-refractivity contribution in [2.24, 2.45) is 0 Å². The van der Waals surface area contributed by atoms with Gasteiger partial charge in [0.15, 0.2) is 5.16 Å². The number of carbonyl (C=O) groups excluding carboxylic acids is 1. The number of hydrogen-bond acceptors (Lipinski definition) is 5. The fourth-order valence-electron chi connectivity index (χ4n) is 2.63. The summed E-state index contributed by atoms with van der Waals surface area (Å²) in [6.45, 7) is 16.9. The highest BCUT2D eigenvalue weighted by molar-refractivity contribution is 7.99. The number of allylic oxidation sites excluding steroid dienone is 1. The minimum Gasteiger partial charge on any atom is -0.338 e. The lowest BCUT2D eigenvalue weighted by Crippen LogP contribution is -2.33. The number of likely N-dealkylation sites (N-methyl/N-ethyl adjacent to an activating group) is 1. The van der Waals surface area contributed by atoms with Crippen molar-refractivity contribution >= 4 is 39.2 Å². The maximum atomic E-state index is 12.9. The fourth-order valence-corrected chi connectivity index (χ4v) is 4.61. The molecule has 0 radical (unpaired) electrons. The SMILES string of the molecule is C=CCn1c(SCC(=O)N(CC)CC(=C)C)nc2sc(C)c(C)c2c1=O. The van der Waals surface area contributed by atoms with Gasteiger partial charge in [0, 0.05) is 24.5 Å². The van der Waals surface area contributed by atoms with Gasteiger partial charge in [-0.1, -0.05) is 30.0 Å². The van der Waals surface area contributed by atoms with Crippen molar-refractivity contribution in [3.05, 3.63) is 45.6 Å². The second-order valence-corrected chi connectivity index (χ2v) is 8.36. The van der Waals surface area contributed by atoms with Crippen LogP contribution in [-0.4, -0.2) is 39.2 Å². The summed E-state index contributed by atoms with van der Waals surface area (Å²) in [5.74, 6) is 0.248. The topological polar surface area (TPSA) is 55.2 Å². The molecule has 0 aliphatic rings. The molecule has 140 valence electrons. The molecule has 2 heterocycles. The molecular weight excluding hydrogens is 366 g/mol. The van der Waals surface area contributed by atoms with Crippen LogP contribution in [0.5, 0.6) is 0 Å². The third-order valence-corrected chi connectivity index (χ3v) is 6.15. The van der Waals surface area contributed by atoms with E-state index in [1.54, 1.807) is 15.5 Å². The van der Waals surface area contributed by atoms with E-state index in [1.165, 1.54) is 23.1 Å². The zero-order valence-corrected chi connectivity index (χ0v) is 17.4. The molecule has 0 saturated heterocycles. The number of thiophene rings is 1. The van der Waals surface area contributed by atoms with E-state index < -0.39 is 0 Å². The smallest absolute Gasteiger partial charge is 0.263 e. The molecule has 0 bridgehead atoms. The predicted octanol–water partition coefficient (Wildman–Crippen LogP) is 3.78. The summed E-state index contributed by atoms with van der Waals surface area (Å²) in [7, 11) is 0. The van der Waals surface area contributed by atoms with Crippen LogP contribution in [0.15, 0.2) is 34.8 Å². The van der Waals surface area contributed by atoms with Gasteiger partial charge in [-0.3, -0.25) is 14.2 Å². The van der Waals surface area contributed by atoms with Crippen molar-refractivity contribution in [2.75, 3.05) is 18.8 Å². The third kappa shape index (κ3) is 4.27. The summed E-state index contributed by atoms with van der Waals surface area (Å²) in [6.07, 6.45) is 1.68. The fraction of sp³-hybridized carbons (Fsp3) is 0.421. The number of rotatable bonds is 8. The highest BCUT2D eigenvalue weighted by Gasteiger charge is 2.18. The molecule has 0 N–H and O–H groups in total. The number of nitrogens with zero attached hydrogens (tertiary/aromatic N) is 3. The molecule has 0 aliphatic carbocycles. The normalized spacial score (nSPS) is 10.9. The molecule has 0 atom stereocenters. The van der Waals surface area contributed by atoms with Gasteiger partial charge in [-0.05, 0) is 33.3 Å². The zero-order chi connectivity index (χ0) is 19.4. The first-order valence-corrected chi connectivity index (χ1v) is 10.3. The highest BCUT2D eigenvalue weighted by Crippen LogP contribution is 2.28. The molecule has 0 saturated carbocycles. The van der Waals surface area contributed by atoms with Crippen molar-refractivity contribution in [2.45, 2.75) is 39.4 Å². The highest BCUT2D eigenvalue weighted by atomic mass is 32.2. The van der Waals surface area contributed by atoms with E-state index in [4.69, 9.17) is 0 Å². The Kier molecular flexibility index (Phi) is 6.83. The van der Waals surface area contributed by atoms with Crippen molar-refractivity contribution in [3.63, 3.8) is 0 Å². The van der Waals surface area contributed by atoms with Crippen LogP contribution in [0.3, 0.4) is 0 Å². The van der Waals surface area contributed by atoms with Gasteiger partial charge >= 0.3 is 0 Å². The van der Waals surface area contributed by atoms with E-state index in [0.29, 0.717) is 30.2 Å². The van der Waals surface area contributed by atoms with Crippen LogP contribution in [0.25, 0.3) is 10.2 Å². The van der Waals surface area contributed by atoms with Crippen LogP contribution in [0.4, 0.5) is 0 Å². The molecule has 0 unspecified atom stereocenters. The van der Waals surface area contributed by atoms with Gasteiger partial charge in [-0.2, -0.15) is 0 Å². The quantitative estimate of drug-likeness (QED) is 0.390. The van der Waals surface area contributed by atoms with Crippen molar-refractivity contribution in [3.8, 4) is 0 Å². The molecule has 0 aromatic carbocycles. The Morgan fingerprint density at radius 1 is 1.42 bits per heavy atom. The second-order valence-electron chi connectivity index (χ2n) is 6.22. The van der Waals surface area contributed by atoms with E-state index in [0.717, 1.165) is 20.8 Å². The Bertz CT molecular complexity index is 912. The van der Waals surface area contributed by atoms with Crippen LogP contribution in [0, 0.1) is 13.8 Å². The average molecular weight is 392 g/mol. The Labute approximate surface area is 162 Å². The molecule has 2 aromatic rings. The summed E-state index contributed by atoms with van der Waals surface area (Å²) in [4.78, 5) is 33.6. The number of fused-ring (bicyclic) bond motifs is 1. The molecule has 1 amide bonds. The van der Waals surface area contributed by atoms with E-state index in [-0.39, 0.29) is 17.2 Å². The molecule has 2 rings (SSSR count). The number of thioether (sulfide) groups is 1. The second kappa shape index (κ2) is 8.68. The maximum Gasteiger partial charge on any atom is 0.263 e. The molecule has 26 heavy (non-hydrogen) atoms. The van der Waals surface area contributed by atoms with Crippen LogP contribution in [0.2, 0.25) is 0 Å². The van der Waals surface area contributed by atoms with Crippen molar-refractivity contribution < 1.29 is 4.79 Å². The maximum absolute atomic E-state index is 12.9. The van der Waals surface area contributed by atoms with Gasteiger partial charge < -0.3 is 4.90 Å². The third-order valence-electron chi connectivity index (χ3n) is 4.09.